The summed E-state index contributed by atoms with van der Waals surface area (Å²) in [5.41, 5.74) is 3.11. The molecule has 0 spiro atoms. The van der Waals surface area contributed by atoms with E-state index in [1.807, 2.05) is 0 Å². The molecule has 1 aliphatic carbocycles. The second-order valence-electron chi connectivity index (χ2n) is 5.55. The lowest BCUT2D eigenvalue weighted by molar-refractivity contribution is 0.419. The van der Waals surface area contributed by atoms with E-state index in [0.29, 0.717) is 5.41 Å². The van der Waals surface area contributed by atoms with Gasteiger partial charge in [0.25, 0.3) is 0 Å². The maximum atomic E-state index is 4.58. The van der Waals surface area contributed by atoms with Gasteiger partial charge in [-0.25, -0.2) is 4.98 Å². The molecule has 3 rings (SSSR count). The molecule has 1 N–H and O–H groups in total. The van der Waals surface area contributed by atoms with Crippen LogP contribution in [0.3, 0.4) is 0 Å². The van der Waals surface area contributed by atoms with E-state index in [4.69, 9.17) is 0 Å². The van der Waals surface area contributed by atoms with E-state index in [1.165, 1.54) is 31.4 Å². The number of aromatic nitrogens is 2. The third-order valence-corrected chi connectivity index (χ3v) is 4.85. The fourth-order valence-electron chi connectivity index (χ4n) is 2.82. The zero-order chi connectivity index (χ0) is 12.6. The van der Waals surface area contributed by atoms with Crippen LogP contribution in [-0.2, 0) is 6.54 Å². The highest BCUT2D eigenvalue weighted by Gasteiger charge is 2.40. The van der Waals surface area contributed by atoms with Crippen molar-refractivity contribution in [3.63, 3.8) is 0 Å². The van der Waals surface area contributed by atoms with E-state index < -0.39 is 0 Å². The fraction of sp³-hybridized carbons (Fsp3) is 0.643. The SMILES string of the molecule is CCCC1(CNCc2c(C)nc3sccn23)CC1. The zero-order valence-electron chi connectivity index (χ0n) is 11.2. The minimum atomic E-state index is 0.626. The first kappa shape index (κ1) is 12.2. The van der Waals surface area contributed by atoms with Crippen LogP contribution < -0.4 is 5.32 Å². The van der Waals surface area contributed by atoms with Gasteiger partial charge < -0.3 is 5.32 Å². The van der Waals surface area contributed by atoms with E-state index in [2.05, 4.69) is 40.1 Å². The molecule has 0 unspecified atom stereocenters. The molecule has 1 saturated carbocycles. The van der Waals surface area contributed by atoms with Crippen molar-refractivity contribution >= 4 is 16.3 Å². The molecule has 0 aromatic carbocycles. The van der Waals surface area contributed by atoms with Gasteiger partial charge in [0.05, 0.1) is 11.4 Å². The van der Waals surface area contributed by atoms with Gasteiger partial charge in [-0.15, -0.1) is 11.3 Å². The highest BCUT2D eigenvalue weighted by atomic mass is 32.1. The van der Waals surface area contributed by atoms with E-state index in [-0.39, 0.29) is 0 Å². The Hall–Kier alpha value is -0.870. The monoisotopic (exact) mass is 263 g/mol. The first-order valence-corrected chi connectivity index (χ1v) is 7.74. The van der Waals surface area contributed by atoms with Gasteiger partial charge in [-0.3, -0.25) is 4.40 Å². The minimum Gasteiger partial charge on any atom is -0.311 e. The van der Waals surface area contributed by atoms with Crippen LogP contribution in [-0.4, -0.2) is 15.9 Å². The number of hydrogen-bond donors (Lipinski definition) is 1. The number of fused-ring (bicyclic) bond motifs is 1. The number of aryl methyl sites for hydroxylation is 1. The molecule has 0 radical (unpaired) electrons. The van der Waals surface area contributed by atoms with Crippen molar-refractivity contribution < 1.29 is 0 Å². The number of nitrogens with one attached hydrogen (secondary N) is 1. The molecule has 4 heteroatoms. The molecule has 1 fully saturated rings. The Kier molecular flexibility index (Phi) is 3.16. The van der Waals surface area contributed by atoms with Crippen molar-refractivity contribution in [2.24, 2.45) is 5.41 Å². The summed E-state index contributed by atoms with van der Waals surface area (Å²) in [5, 5.41) is 5.74. The van der Waals surface area contributed by atoms with Gasteiger partial charge in [-0.1, -0.05) is 13.3 Å². The summed E-state index contributed by atoms with van der Waals surface area (Å²) in [4.78, 5) is 5.69. The van der Waals surface area contributed by atoms with Crippen molar-refractivity contribution in [1.82, 2.24) is 14.7 Å². The minimum absolute atomic E-state index is 0.626. The summed E-state index contributed by atoms with van der Waals surface area (Å²) in [6, 6.07) is 0. The molecule has 0 aliphatic heterocycles. The van der Waals surface area contributed by atoms with E-state index in [0.717, 1.165) is 23.7 Å². The van der Waals surface area contributed by atoms with Gasteiger partial charge in [0.15, 0.2) is 4.96 Å². The number of imidazole rings is 1. The number of thiazole rings is 1. The predicted octanol–water partition coefficient (Wildman–Crippen LogP) is 3.37. The van der Waals surface area contributed by atoms with Gasteiger partial charge >= 0.3 is 0 Å². The Morgan fingerprint density at radius 1 is 1.50 bits per heavy atom. The standard InChI is InChI=1S/C14H21N3S/c1-3-4-14(5-6-14)10-15-9-12-11(2)16-13-17(12)7-8-18-13/h7-8,15H,3-6,9-10H2,1-2H3. The van der Waals surface area contributed by atoms with Gasteiger partial charge in [0.2, 0.25) is 0 Å². The molecule has 0 bridgehead atoms. The van der Waals surface area contributed by atoms with Crippen LogP contribution in [0.2, 0.25) is 0 Å². The Morgan fingerprint density at radius 2 is 2.33 bits per heavy atom. The Morgan fingerprint density at radius 3 is 3.06 bits per heavy atom. The molecule has 1 aliphatic rings. The summed E-state index contributed by atoms with van der Waals surface area (Å²) in [7, 11) is 0. The third kappa shape index (κ3) is 2.19. The van der Waals surface area contributed by atoms with Crippen LogP contribution >= 0.6 is 11.3 Å². The fourth-order valence-corrected chi connectivity index (χ4v) is 3.60. The molecule has 3 nitrogen and oxygen atoms in total. The summed E-state index contributed by atoms with van der Waals surface area (Å²) in [6.07, 6.45) is 7.62. The van der Waals surface area contributed by atoms with Crippen molar-refractivity contribution in [1.29, 1.82) is 0 Å². The van der Waals surface area contributed by atoms with Crippen LogP contribution in [0, 0.1) is 12.3 Å². The third-order valence-electron chi connectivity index (χ3n) is 4.09. The molecular weight excluding hydrogens is 242 g/mol. The Balaban J connectivity index is 1.63. The van der Waals surface area contributed by atoms with Crippen molar-refractivity contribution in [3.8, 4) is 0 Å². The molecule has 0 saturated heterocycles. The van der Waals surface area contributed by atoms with Crippen LogP contribution in [0.15, 0.2) is 11.6 Å². The average molecular weight is 263 g/mol. The van der Waals surface area contributed by atoms with Crippen LogP contribution in [0.25, 0.3) is 4.96 Å². The van der Waals surface area contributed by atoms with Crippen LogP contribution in [0.4, 0.5) is 0 Å². The lowest BCUT2D eigenvalue weighted by Gasteiger charge is -2.14. The van der Waals surface area contributed by atoms with E-state index in [9.17, 15) is 0 Å². The van der Waals surface area contributed by atoms with Crippen LogP contribution in [0.1, 0.15) is 44.0 Å². The molecule has 0 amide bonds. The van der Waals surface area contributed by atoms with Crippen LogP contribution in [0.5, 0.6) is 0 Å². The van der Waals surface area contributed by atoms with Crippen molar-refractivity contribution in [2.75, 3.05) is 6.54 Å². The first-order chi connectivity index (χ1) is 8.74. The molecule has 0 atom stereocenters. The average Bonchev–Trinajstić information content (AvgIpc) is 2.83. The number of hydrogen-bond acceptors (Lipinski definition) is 3. The smallest absolute Gasteiger partial charge is 0.194 e. The first-order valence-electron chi connectivity index (χ1n) is 6.86. The number of rotatable bonds is 6. The Labute approximate surface area is 112 Å². The maximum absolute atomic E-state index is 4.58. The topological polar surface area (TPSA) is 29.3 Å². The highest BCUT2D eigenvalue weighted by molar-refractivity contribution is 7.15. The molecule has 2 aromatic rings. The summed E-state index contributed by atoms with van der Waals surface area (Å²) in [5.74, 6) is 0. The highest BCUT2D eigenvalue weighted by Crippen LogP contribution is 2.48. The second-order valence-corrected chi connectivity index (χ2v) is 6.43. The zero-order valence-corrected chi connectivity index (χ0v) is 12.0. The van der Waals surface area contributed by atoms with Crippen molar-refractivity contribution in [3.05, 3.63) is 23.0 Å². The van der Waals surface area contributed by atoms with Crippen molar-refractivity contribution in [2.45, 2.75) is 46.1 Å². The largest absolute Gasteiger partial charge is 0.311 e. The molecule has 2 heterocycles. The van der Waals surface area contributed by atoms with E-state index in [1.54, 1.807) is 11.3 Å². The number of nitrogens with zero attached hydrogens (tertiary/aromatic N) is 2. The normalized spacial score (nSPS) is 17.4. The Bertz CT molecular complexity index is 536. The maximum Gasteiger partial charge on any atom is 0.194 e. The summed E-state index contributed by atoms with van der Waals surface area (Å²) in [6.45, 7) is 6.50. The molecule has 18 heavy (non-hydrogen) atoms. The van der Waals surface area contributed by atoms with Gasteiger partial charge in [0.1, 0.15) is 0 Å². The lowest BCUT2D eigenvalue weighted by atomic mass is 10.0. The lowest BCUT2D eigenvalue weighted by Crippen LogP contribution is -2.24. The second kappa shape index (κ2) is 4.67. The van der Waals surface area contributed by atoms with Gasteiger partial charge in [-0.2, -0.15) is 0 Å². The molecular formula is C14H21N3S. The summed E-state index contributed by atoms with van der Waals surface area (Å²) < 4.78 is 2.21. The molecule has 2 aromatic heterocycles. The summed E-state index contributed by atoms with van der Waals surface area (Å²) >= 11 is 1.71. The van der Waals surface area contributed by atoms with Gasteiger partial charge in [0, 0.05) is 24.7 Å². The predicted molar refractivity (Wildman–Crippen MR) is 76.1 cm³/mol. The molecule has 98 valence electrons. The van der Waals surface area contributed by atoms with Gasteiger partial charge in [-0.05, 0) is 31.6 Å². The van der Waals surface area contributed by atoms with E-state index >= 15 is 0 Å². The quantitative estimate of drug-likeness (QED) is 0.866.